The van der Waals surface area contributed by atoms with Gasteiger partial charge in [-0.25, -0.2) is 9.97 Å². The van der Waals surface area contributed by atoms with E-state index in [9.17, 15) is 5.11 Å². The van der Waals surface area contributed by atoms with E-state index < -0.39 is 0 Å². The fourth-order valence-corrected chi connectivity index (χ4v) is 1.89. The van der Waals surface area contributed by atoms with Crippen molar-refractivity contribution in [1.82, 2.24) is 9.97 Å². The summed E-state index contributed by atoms with van der Waals surface area (Å²) >= 11 is 0. The lowest BCUT2D eigenvalue weighted by Crippen LogP contribution is -2.36. The van der Waals surface area contributed by atoms with E-state index in [0.717, 1.165) is 37.6 Å². The normalized spacial score (nSPS) is 16.9. The molecule has 92 valence electrons. The molecular weight excluding hydrogens is 216 g/mol. The predicted molar refractivity (Wildman–Crippen MR) is 68.2 cm³/mol. The number of rotatable bonds is 4. The molecule has 2 rings (SSSR count). The first-order valence-corrected chi connectivity index (χ1v) is 5.89. The highest BCUT2D eigenvalue weighted by atomic mass is 16.3. The molecule has 0 unspecified atom stereocenters. The number of anilines is 2. The first-order valence-electron chi connectivity index (χ1n) is 5.89. The molecule has 2 heterocycles. The maximum absolute atomic E-state index is 9.46. The van der Waals surface area contributed by atoms with E-state index in [1.54, 1.807) is 12.4 Å². The number of aromatic nitrogens is 2. The smallest absolute Gasteiger partial charge is 0.134 e. The van der Waals surface area contributed by atoms with Crippen molar-refractivity contribution in [1.29, 1.82) is 0 Å². The molecule has 1 aromatic heterocycles. The SMILES string of the molecule is C=CCNc1cc(N2CCC(O)CC2)ncn1. The van der Waals surface area contributed by atoms with Gasteiger partial charge in [0.15, 0.2) is 0 Å². The quantitative estimate of drug-likeness (QED) is 0.762. The standard InChI is InChI=1S/C12H18N4O/c1-2-5-13-11-8-12(15-9-14-11)16-6-3-10(17)4-7-16/h2,8-10,17H,1,3-7H2,(H,13,14,15). The molecule has 0 saturated carbocycles. The van der Waals surface area contributed by atoms with Crippen LogP contribution in [0.25, 0.3) is 0 Å². The minimum atomic E-state index is -0.161. The first kappa shape index (κ1) is 11.9. The Bertz CT molecular complexity index is 375. The van der Waals surface area contributed by atoms with Crippen LogP contribution in [0.1, 0.15) is 12.8 Å². The summed E-state index contributed by atoms with van der Waals surface area (Å²) in [6.45, 7) is 6.03. The van der Waals surface area contributed by atoms with Crippen LogP contribution in [0, 0.1) is 0 Å². The molecule has 0 atom stereocenters. The van der Waals surface area contributed by atoms with Crippen LogP contribution in [0.5, 0.6) is 0 Å². The maximum atomic E-state index is 9.46. The Hall–Kier alpha value is -1.62. The Kier molecular flexibility index (Phi) is 3.93. The Morgan fingerprint density at radius 2 is 2.24 bits per heavy atom. The molecule has 0 aliphatic carbocycles. The van der Waals surface area contributed by atoms with E-state index in [4.69, 9.17) is 0 Å². The lowest BCUT2D eigenvalue weighted by molar-refractivity contribution is 0.145. The van der Waals surface area contributed by atoms with Crippen molar-refractivity contribution >= 4 is 11.6 Å². The third-order valence-electron chi connectivity index (χ3n) is 2.87. The van der Waals surface area contributed by atoms with Crippen molar-refractivity contribution in [2.75, 3.05) is 29.9 Å². The lowest BCUT2D eigenvalue weighted by atomic mass is 10.1. The Balaban J connectivity index is 2.02. The van der Waals surface area contributed by atoms with E-state index in [0.29, 0.717) is 6.54 Å². The second kappa shape index (κ2) is 5.63. The molecule has 1 aromatic rings. The summed E-state index contributed by atoms with van der Waals surface area (Å²) in [6, 6.07) is 1.93. The van der Waals surface area contributed by atoms with Crippen molar-refractivity contribution in [3.8, 4) is 0 Å². The molecule has 0 amide bonds. The first-order chi connectivity index (χ1) is 8.29. The van der Waals surface area contributed by atoms with E-state index in [-0.39, 0.29) is 6.10 Å². The van der Waals surface area contributed by atoms with Gasteiger partial charge < -0.3 is 15.3 Å². The van der Waals surface area contributed by atoms with Gasteiger partial charge in [-0.05, 0) is 12.8 Å². The summed E-state index contributed by atoms with van der Waals surface area (Å²) in [6.07, 6.45) is 4.80. The highest BCUT2D eigenvalue weighted by Crippen LogP contribution is 2.19. The zero-order chi connectivity index (χ0) is 12.1. The highest BCUT2D eigenvalue weighted by molar-refractivity contribution is 5.48. The molecule has 1 saturated heterocycles. The van der Waals surface area contributed by atoms with Crippen LogP contribution in [0.2, 0.25) is 0 Å². The summed E-state index contributed by atoms with van der Waals surface area (Å²) in [5.41, 5.74) is 0. The van der Waals surface area contributed by atoms with E-state index >= 15 is 0 Å². The van der Waals surface area contributed by atoms with Gasteiger partial charge in [0.05, 0.1) is 6.10 Å². The van der Waals surface area contributed by atoms with Crippen LogP contribution in [-0.4, -0.2) is 40.8 Å². The van der Waals surface area contributed by atoms with Crippen LogP contribution >= 0.6 is 0 Å². The molecule has 1 aliphatic rings. The van der Waals surface area contributed by atoms with Gasteiger partial charge >= 0.3 is 0 Å². The highest BCUT2D eigenvalue weighted by Gasteiger charge is 2.18. The topological polar surface area (TPSA) is 61.3 Å². The number of aliphatic hydroxyl groups is 1. The summed E-state index contributed by atoms with van der Waals surface area (Å²) in [5, 5.41) is 12.6. The van der Waals surface area contributed by atoms with Crippen LogP contribution in [-0.2, 0) is 0 Å². The number of nitrogens with zero attached hydrogens (tertiary/aromatic N) is 3. The second-order valence-corrected chi connectivity index (χ2v) is 4.15. The number of hydrogen-bond acceptors (Lipinski definition) is 5. The summed E-state index contributed by atoms with van der Waals surface area (Å²) in [5.74, 6) is 1.72. The van der Waals surface area contributed by atoms with E-state index in [2.05, 4.69) is 26.8 Å². The van der Waals surface area contributed by atoms with Crippen molar-refractivity contribution in [2.45, 2.75) is 18.9 Å². The Morgan fingerprint density at radius 1 is 1.47 bits per heavy atom. The number of nitrogens with one attached hydrogen (secondary N) is 1. The number of hydrogen-bond donors (Lipinski definition) is 2. The molecule has 0 radical (unpaired) electrons. The van der Waals surface area contributed by atoms with E-state index in [1.807, 2.05) is 6.07 Å². The molecular formula is C12H18N4O. The van der Waals surface area contributed by atoms with E-state index in [1.165, 1.54) is 0 Å². The van der Waals surface area contributed by atoms with Gasteiger partial charge in [0.1, 0.15) is 18.0 Å². The second-order valence-electron chi connectivity index (χ2n) is 4.15. The Labute approximate surface area is 101 Å². The molecule has 5 nitrogen and oxygen atoms in total. The Morgan fingerprint density at radius 3 is 2.94 bits per heavy atom. The molecule has 0 spiro atoms. The third-order valence-corrected chi connectivity index (χ3v) is 2.87. The zero-order valence-electron chi connectivity index (χ0n) is 9.84. The minimum absolute atomic E-state index is 0.161. The minimum Gasteiger partial charge on any atom is -0.393 e. The van der Waals surface area contributed by atoms with Gasteiger partial charge in [0.25, 0.3) is 0 Å². The van der Waals surface area contributed by atoms with Gasteiger partial charge in [-0.15, -0.1) is 6.58 Å². The summed E-state index contributed by atoms with van der Waals surface area (Å²) in [4.78, 5) is 10.6. The molecule has 17 heavy (non-hydrogen) atoms. The van der Waals surface area contributed by atoms with Gasteiger partial charge in [-0.1, -0.05) is 6.08 Å². The molecule has 1 fully saturated rings. The zero-order valence-corrected chi connectivity index (χ0v) is 9.84. The van der Waals surface area contributed by atoms with Crippen molar-refractivity contribution in [3.05, 3.63) is 25.0 Å². The van der Waals surface area contributed by atoms with Gasteiger partial charge in [0.2, 0.25) is 0 Å². The predicted octanol–water partition coefficient (Wildman–Crippen LogP) is 1.04. The fourth-order valence-electron chi connectivity index (χ4n) is 1.89. The average molecular weight is 234 g/mol. The van der Waals surface area contributed by atoms with Crippen molar-refractivity contribution < 1.29 is 5.11 Å². The van der Waals surface area contributed by atoms with Gasteiger partial charge in [0, 0.05) is 25.7 Å². The third kappa shape index (κ3) is 3.17. The van der Waals surface area contributed by atoms with Crippen molar-refractivity contribution in [2.24, 2.45) is 0 Å². The summed E-state index contributed by atoms with van der Waals surface area (Å²) < 4.78 is 0. The van der Waals surface area contributed by atoms with Crippen LogP contribution in [0.15, 0.2) is 25.0 Å². The summed E-state index contributed by atoms with van der Waals surface area (Å²) in [7, 11) is 0. The molecule has 0 aromatic carbocycles. The van der Waals surface area contributed by atoms with Gasteiger partial charge in [-0.3, -0.25) is 0 Å². The molecule has 2 N–H and O–H groups in total. The molecule has 1 aliphatic heterocycles. The monoisotopic (exact) mass is 234 g/mol. The largest absolute Gasteiger partial charge is 0.393 e. The van der Waals surface area contributed by atoms with Crippen molar-refractivity contribution in [3.63, 3.8) is 0 Å². The fraction of sp³-hybridized carbons (Fsp3) is 0.500. The average Bonchev–Trinajstić information content (AvgIpc) is 2.37. The van der Waals surface area contributed by atoms with Gasteiger partial charge in [-0.2, -0.15) is 0 Å². The van der Waals surface area contributed by atoms with Crippen LogP contribution in [0.4, 0.5) is 11.6 Å². The van der Waals surface area contributed by atoms with Crippen LogP contribution < -0.4 is 10.2 Å². The number of aliphatic hydroxyl groups excluding tert-OH is 1. The maximum Gasteiger partial charge on any atom is 0.134 e. The lowest BCUT2D eigenvalue weighted by Gasteiger charge is -2.30. The molecule has 5 heteroatoms. The number of piperidine rings is 1. The van der Waals surface area contributed by atoms with Crippen LogP contribution in [0.3, 0.4) is 0 Å². The molecule has 0 bridgehead atoms.